The quantitative estimate of drug-likeness (QED) is 0.421. The van der Waals surface area contributed by atoms with E-state index in [0.29, 0.717) is 10.7 Å². The third-order valence-corrected chi connectivity index (χ3v) is 2.10. The Morgan fingerprint density at radius 2 is 2.06 bits per heavy atom. The zero-order chi connectivity index (χ0) is 12.7. The number of carbonyl (C=O) groups excluding carboxylic acids is 1. The topological polar surface area (TPSA) is 96.3 Å². The molecule has 0 radical (unpaired) electrons. The number of hydrogen-bond donors (Lipinski definition) is 3. The highest BCUT2D eigenvalue weighted by molar-refractivity contribution is 6.33. The molecule has 0 aliphatic heterocycles. The number of hydrazine groups is 1. The van der Waals surface area contributed by atoms with Crippen LogP contribution in [0.1, 0.15) is 0 Å². The molecule has 0 fully saturated rings. The molecule has 0 heterocycles. The van der Waals surface area contributed by atoms with Crippen LogP contribution in [-0.2, 0) is 0 Å². The predicted octanol–water partition coefficient (Wildman–Crippen LogP) is 1.24. The maximum Gasteiger partial charge on any atom is 0.319 e. The first-order valence-electron chi connectivity index (χ1n) is 4.77. The summed E-state index contributed by atoms with van der Waals surface area (Å²) in [5.74, 6) is 0. The first-order valence-corrected chi connectivity index (χ1v) is 5.14. The van der Waals surface area contributed by atoms with Crippen LogP contribution < -0.4 is 16.1 Å². The summed E-state index contributed by atoms with van der Waals surface area (Å²) >= 11 is 5.83. The van der Waals surface area contributed by atoms with E-state index >= 15 is 0 Å². The molecule has 0 saturated carbocycles. The van der Waals surface area contributed by atoms with Crippen molar-refractivity contribution >= 4 is 23.3 Å². The van der Waals surface area contributed by atoms with E-state index in [0.717, 1.165) is 0 Å². The van der Waals surface area contributed by atoms with Crippen molar-refractivity contribution in [2.45, 2.75) is 0 Å². The van der Waals surface area contributed by atoms with E-state index in [9.17, 15) is 14.9 Å². The van der Waals surface area contributed by atoms with E-state index in [2.05, 4.69) is 10.6 Å². The number of nitro groups is 1. The summed E-state index contributed by atoms with van der Waals surface area (Å²) in [7, 11) is 0. The molecule has 3 N–H and O–H groups in total. The van der Waals surface area contributed by atoms with Gasteiger partial charge in [0.15, 0.2) is 5.03 Å². The summed E-state index contributed by atoms with van der Waals surface area (Å²) in [5, 5.41) is 14.6. The molecule has 1 rings (SSSR count). The van der Waals surface area contributed by atoms with Crippen molar-refractivity contribution in [3.63, 3.8) is 0 Å². The molecule has 0 saturated heterocycles. The average molecular weight is 259 g/mol. The second-order valence-electron chi connectivity index (χ2n) is 3.03. The zero-order valence-electron chi connectivity index (χ0n) is 8.77. The fourth-order valence-corrected chi connectivity index (χ4v) is 1.24. The fourth-order valence-electron chi connectivity index (χ4n) is 1.05. The summed E-state index contributed by atoms with van der Waals surface area (Å²) in [5.41, 5.74) is 2.41. The summed E-state index contributed by atoms with van der Waals surface area (Å²) in [6.45, 7) is 0.181. The molecule has 8 heteroatoms. The lowest BCUT2D eigenvalue weighted by Gasteiger charge is -2.07. The Balaban J connectivity index is 2.30. The van der Waals surface area contributed by atoms with Gasteiger partial charge in [-0.15, -0.1) is 5.43 Å². The van der Waals surface area contributed by atoms with E-state index in [1.807, 2.05) is 5.43 Å². The SMILES string of the molecule is O=C(NCCN[N+](=O)[O-])Nc1ccccc1Cl. The van der Waals surface area contributed by atoms with Gasteiger partial charge in [-0.1, -0.05) is 23.7 Å². The van der Waals surface area contributed by atoms with Crippen molar-refractivity contribution in [2.75, 3.05) is 18.4 Å². The fraction of sp³-hybridized carbons (Fsp3) is 0.222. The van der Waals surface area contributed by atoms with Gasteiger partial charge in [0, 0.05) is 6.54 Å². The molecule has 7 nitrogen and oxygen atoms in total. The molecule has 1 aromatic carbocycles. The number of nitrogens with zero attached hydrogens (tertiary/aromatic N) is 1. The molecule has 0 spiro atoms. The predicted molar refractivity (Wildman–Crippen MR) is 63.5 cm³/mol. The monoisotopic (exact) mass is 258 g/mol. The Morgan fingerprint density at radius 3 is 2.71 bits per heavy atom. The molecule has 0 aliphatic rings. The molecule has 0 atom stereocenters. The van der Waals surface area contributed by atoms with E-state index in [4.69, 9.17) is 11.6 Å². The minimum Gasteiger partial charge on any atom is -0.336 e. The number of rotatable bonds is 5. The molecule has 0 aliphatic carbocycles. The van der Waals surface area contributed by atoms with Crippen molar-refractivity contribution in [3.05, 3.63) is 39.4 Å². The highest BCUT2D eigenvalue weighted by Crippen LogP contribution is 2.19. The first kappa shape index (κ1) is 13.0. The van der Waals surface area contributed by atoms with Crippen molar-refractivity contribution in [1.82, 2.24) is 10.7 Å². The number of hydrogen-bond acceptors (Lipinski definition) is 3. The molecular formula is C9H11ClN4O3. The summed E-state index contributed by atoms with van der Waals surface area (Å²) in [4.78, 5) is 21.3. The zero-order valence-corrected chi connectivity index (χ0v) is 9.53. The van der Waals surface area contributed by atoms with Crippen molar-refractivity contribution in [1.29, 1.82) is 0 Å². The van der Waals surface area contributed by atoms with Crippen molar-refractivity contribution in [2.24, 2.45) is 0 Å². The minimum absolute atomic E-state index is 0.0446. The molecule has 17 heavy (non-hydrogen) atoms. The van der Waals surface area contributed by atoms with Crippen LogP contribution in [0.5, 0.6) is 0 Å². The normalized spacial score (nSPS) is 9.47. The Labute approximate surface area is 102 Å². The minimum atomic E-state index is -0.673. The molecule has 0 aromatic heterocycles. The highest BCUT2D eigenvalue weighted by atomic mass is 35.5. The van der Waals surface area contributed by atoms with Crippen LogP contribution in [0.25, 0.3) is 0 Å². The van der Waals surface area contributed by atoms with Gasteiger partial charge in [0.05, 0.1) is 17.3 Å². The largest absolute Gasteiger partial charge is 0.336 e. The third kappa shape index (κ3) is 5.03. The number of para-hydroxylation sites is 1. The third-order valence-electron chi connectivity index (χ3n) is 1.77. The average Bonchev–Trinajstić information content (AvgIpc) is 2.27. The van der Waals surface area contributed by atoms with E-state index < -0.39 is 11.1 Å². The van der Waals surface area contributed by atoms with Crippen LogP contribution >= 0.6 is 11.6 Å². The Morgan fingerprint density at radius 1 is 1.35 bits per heavy atom. The van der Waals surface area contributed by atoms with Gasteiger partial charge in [-0.25, -0.2) is 14.9 Å². The number of carbonyl (C=O) groups is 1. The summed E-state index contributed by atoms with van der Waals surface area (Å²) in [6, 6.07) is 6.30. The number of amides is 2. The number of anilines is 1. The molecule has 0 unspecified atom stereocenters. The van der Waals surface area contributed by atoms with Gasteiger partial charge in [0.2, 0.25) is 0 Å². The van der Waals surface area contributed by atoms with Crippen molar-refractivity contribution in [3.8, 4) is 0 Å². The van der Waals surface area contributed by atoms with Gasteiger partial charge in [-0.05, 0) is 12.1 Å². The summed E-state index contributed by atoms with van der Waals surface area (Å²) < 4.78 is 0. The standard InChI is InChI=1S/C9H11ClN4O3/c10-7-3-1-2-4-8(7)13-9(15)11-5-6-12-14(16)17/h1-4,12H,5-6H2,(H2,11,13,15). The maximum absolute atomic E-state index is 11.3. The van der Waals surface area contributed by atoms with Gasteiger partial charge in [0.1, 0.15) is 0 Å². The number of nitrogens with one attached hydrogen (secondary N) is 3. The van der Waals surface area contributed by atoms with Crippen LogP contribution in [0.15, 0.2) is 24.3 Å². The van der Waals surface area contributed by atoms with Gasteiger partial charge in [-0.3, -0.25) is 0 Å². The Bertz CT molecular complexity index is 413. The summed E-state index contributed by atoms with van der Waals surface area (Å²) in [6.07, 6.45) is 0. The molecule has 0 bridgehead atoms. The van der Waals surface area contributed by atoms with Gasteiger partial charge < -0.3 is 10.6 Å². The molecule has 92 valence electrons. The number of urea groups is 1. The van der Waals surface area contributed by atoms with Gasteiger partial charge in [-0.2, -0.15) is 0 Å². The highest BCUT2D eigenvalue weighted by Gasteiger charge is 2.04. The molecule has 1 aromatic rings. The van der Waals surface area contributed by atoms with Crippen LogP contribution in [0.2, 0.25) is 5.02 Å². The lowest BCUT2D eigenvalue weighted by molar-refractivity contribution is -0.543. The maximum atomic E-state index is 11.3. The van der Waals surface area contributed by atoms with Crippen LogP contribution in [0, 0.1) is 10.1 Å². The van der Waals surface area contributed by atoms with Crippen LogP contribution in [0.3, 0.4) is 0 Å². The second-order valence-corrected chi connectivity index (χ2v) is 3.43. The van der Waals surface area contributed by atoms with E-state index in [-0.39, 0.29) is 13.1 Å². The van der Waals surface area contributed by atoms with E-state index in [1.54, 1.807) is 24.3 Å². The Hall–Kier alpha value is -2.02. The number of halogens is 1. The van der Waals surface area contributed by atoms with Crippen LogP contribution in [-0.4, -0.2) is 24.2 Å². The van der Waals surface area contributed by atoms with Gasteiger partial charge >= 0.3 is 6.03 Å². The van der Waals surface area contributed by atoms with Crippen molar-refractivity contribution < 1.29 is 9.83 Å². The lowest BCUT2D eigenvalue weighted by atomic mass is 10.3. The first-order chi connectivity index (χ1) is 8.09. The molecule has 2 amide bonds. The molecular weight excluding hydrogens is 248 g/mol. The van der Waals surface area contributed by atoms with Crippen LogP contribution in [0.4, 0.5) is 10.5 Å². The second kappa shape index (κ2) is 6.54. The number of benzene rings is 1. The van der Waals surface area contributed by atoms with E-state index in [1.165, 1.54) is 0 Å². The Kier molecular flexibility index (Phi) is 5.02. The lowest BCUT2D eigenvalue weighted by Crippen LogP contribution is -2.36. The smallest absolute Gasteiger partial charge is 0.319 e. The van der Waals surface area contributed by atoms with Gasteiger partial charge in [0.25, 0.3) is 0 Å².